The molecule has 2 aliphatic rings. The summed E-state index contributed by atoms with van der Waals surface area (Å²) in [7, 11) is 0. The molecule has 3 rings (SSSR count). The van der Waals surface area contributed by atoms with Crippen LogP contribution in [0.5, 0.6) is 0 Å². The Hall–Kier alpha value is -1.15. The first kappa shape index (κ1) is 31.4. The van der Waals surface area contributed by atoms with Crippen molar-refractivity contribution in [3.63, 3.8) is 0 Å². The van der Waals surface area contributed by atoms with Gasteiger partial charge in [0.15, 0.2) is 10.9 Å². The van der Waals surface area contributed by atoms with Crippen LogP contribution in [0, 0.1) is 17.3 Å². The molecule has 0 spiro atoms. The van der Waals surface area contributed by atoms with E-state index in [4.69, 9.17) is 9.47 Å². The molecule has 4 atom stereocenters. The molecule has 1 aromatic carbocycles. The number of Topliss-reactive ketones (excluding diaryl/α,β-unsaturated/α-hetero) is 2. The Labute approximate surface area is 238 Å². The predicted molar refractivity (Wildman–Crippen MR) is 156 cm³/mol. The maximum atomic E-state index is 13.7. The van der Waals surface area contributed by atoms with Crippen LogP contribution in [0.4, 0.5) is 0 Å². The van der Waals surface area contributed by atoms with Crippen molar-refractivity contribution in [2.24, 2.45) is 17.3 Å². The van der Waals surface area contributed by atoms with Gasteiger partial charge in [-0.05, 0) is 71.4 Å². The van der Waals surface area contributed by atoms with Crippen LogP contribution in [0.15, 0.2) is 35.2 Å². The average Bonchev–Trinajstić information content (AvgIpc) is 3.21. The summed E-state index contributed by atoms with van der Waals surface area (Å²) in [5.41, 5.74) is -1.13. The topological polar surface area (TPSA) is 69.7 Å². The molecular formula is C31H46O5S2. The van der Waals surface area contributed by atoms with E-state index in [1.54, 1.807) is 0 Å². The van der Waals surface area contributed by atoms with Gasteiger partial charge >= 0.3 is 0 Å². The summed E-state index contributed by atoms with van der Waals surface area (Å²) in [6.45, 7) is 16.1. The molecule has 4 unspecified atom stereocenters. The minimum absolute atomic E-state index is 0.0784. The summed E-state index contributed by atoms with van der Waals surface area (Å²) >= 11 is 2.91. The number of thioether (sulfide) groups is 2. The van der Waals surface area contributed by atoms with Crippen LogP contribution >= 0.6 is 23.5 Å². The highest BCUT2D eigenvalue weighted by atomic mass is 32.2. The zero-order valence-electron chi connectivity index (χ0n) is 24.4. The number of ketones is 2. The fourth-order valence-electron chi connectivity index (χ4n) is 6.03. The van der Waals surface area contributed by atoms with E-state index < -0.39 is 16.8 Å². The van der Waals surface area contributed by atoms with E-state index >= 15 is 0 Å². The van der Waals surface area contributed by atoms with Crippen molar-refractivity contribution in [1.29, 1.82) is 0 Å². The highest BCUT2D eigenvalue weighted by Gasteiger charge is 2.52. The van der Waals surface area contributed by atoms with Crippen molar-refractivity contribution in [3.05, 3.63) is 30.3 Å². The lowest BCUT2D eigenvalue weighted by Crippen LogP contribution is -2.39. The number of rotatable bonds is 11. The second-order valence-electron chi connectivity index (χ2n) is 13.1. The minimum Gasteiger partial charge on any atom is -0.344 e. The third kappa shape index (κ3) is 8.18. The second-order valence-corrected chi connectivity index (χ2v) is 15.9. The highest BCUT2D eigenvalue weighted by Crippen LogP contribution is 2.51. The first-order chi connectivity index (χ1) is 17.5. The Morgan fingerprint density at radius 2 is 1.74 bits per heavy atom. The highest BCUT2D eigenvalue weighted by molar-refractivity contribution is 8.14. The summed E-state index contributed by atoms with van der Waals surface area (Å²) in [4.78, 5) is 40.9. The molecular weight excluding hydrogens is 516 g/mol. The van der Waals surface area contributed by atoms with Gasteiger partial charge in [0, 0.05) is 33.8 Å². The summed E-state index contributed by atoms with van der Waals surface area (Å²) in [6, 6.07) is 9.89. The van der Waals surface area contributed by atoms with E-state index in [1.807, 2.05) is 85.7 Å². The number of carbonyl (C=O) groups is 3. The van der Waals surface area contributed by atoms with Gasteiger partial charge in [0.25, 0.3) is 0 Å². The lowest BCUT2D eigenvalue weighted by molar-refractivity contribution is -0.157. The first-order valence-corrected chi connectivity index (χ1v) is 15.7. The molecule has 5 nitrogen and oxygen atoms in total. The van der Waals surface area contributed by atoms with Crippen molar-refractivity contribution in [2.75, 3.05) is 5.75 Å². The minimum atomic E-state index is -0.673. The molecule has 2 fully saturated rings. The molecule has 0 amide bonds. The second kappa shape index (κ2) is 12.2. The molecule has 0 N–H and O–H groups in total. The molecule has 7 heteroatoms. The van der Waals surface area contributed by atoms with Gasteiger partial charge in [0.1, 0.15) is 11.6 Å². The predicted octanol–water partition coefficient (Wildman–Crippen LogP) is 7.50. The maximum Gasteiger partial charge on any atom is 0.192 e. The molecule has 1 aromatic rings. The molecule has 0 radical (unpaired) electrons. The van der Waals surface area contributed by atoms with Gasteiger partial charge in [0.05, 0.1) is 17.5 Å². The van der Waals surface area contributed by atoms with Gasteiger partial charge in [-0.3, -0.25) is 14.4 Å². The maximum absolute atomic E-state index is 13.7. The van der Waals surface area contributed by atoms with Gasteiger partial charge in [0.2, 0.25) is 0 Å². The smallest absolute Gasteiger partial charge is 0.192 e. The Morgan fingerprint density at radius 1 is 1.08 bits per heavy atom. The molecule has 1 saturated heterocycles. The van der Waals surface area contributed by atoms with Crippen molar-refractivity contribution in [3.8, 4) is 0 Å². The van der Waals surface area contributed by atoms with E-state index in [2.05, 4.69) is 0 Å². The van der Waals surface area contributed by atoms with E-state index in [0.717, 1.165) is 4.90 Å². The van der Waals surface area contributed by atoms with Crippen LogP contribution in [-0.4, -0.2) is 44.7 Å². The molecule has 38 heavy (non-hydrogen) atoms. The van der Waals surface area contributed by atoms with Gasteiger partial charge in [-0.1, -0.05) is 57.7 Å². The van der Waals surface area contributed by atoms with Crippen molar-refractivity contribution >= 4 is 40.2 Å². The number of benzene rings is 1. The van der Waals surface area contributed by atoms with Gasteiger partial charge in [-0.15, -0.1) is 11.8 Å². The normalized spacial score (nSPS) is 27.4. The Bertz CT molecular complexity index is 997. The number of hydrogen-bond donors (Lipinski definition) is 0. The number of carbonyl (C=O) groups excluding carboxylic acids is 3. The Morgan fingerprint density at radius 3 is 2.32 bits per heavy atom. The zero-order valence-corrected chi connectivity index (χ0v) is 26.1. The van der Waals surface area contributed by atoms with E-state index in [-0.39, 0.29) is 39.4 Å². The monoisotopic (exact) mass is 562 g/mol. The largest absolute Gasteiger partial charge is 0.344 e. The van der Waals surface area contributed by atoms with Crippen LogP contribution < -0.4 is 0 Å². The first-order valence-electron chi connectivity index (χ1n) is 13.9. The molecule has 1 aliphatic carbocycles. The van der Waals surface area contributed by atoms with Crippen molar-refractivity contribution < 1.29 is 23.9 Å². The van der Waals surface area contributed by atoms with Crippen molar-refractivity contribution in [1.82, 2.24) is 0 Å². The fourth-order valence-corrected chi connectivity index (χ4v) is 7.88. The summed E-state index contributed by atoms with van der Waals surface area (Å²) in [5, 5.41) is 0.144. The van der Waals surface area contributed by atoms with E-state index in [9.17, 15) is 14.4 Å². The standard InChI is InChI=1S/C31H46O5S2/c1-28(2,3)38-27(34)23(14-17-26-29(4,5)36-30(6,7)35-26)24-15-16-25(33)31(24,8)19-18-21(32)20-37-22-12-10-9-11-13-22/h9-13,23-24,26H,14-20H2,1-8H3. The summed E-state index contributed by atoms with van der Waals surface area (Å²) in [6.07, 6.45) is 3.21. The zero-order chi connectivity index (χ0) is 28.4. The number of hydrogen-bond acceptors (Lipinski definition) is 7. The third-order valence-electron chi connectivity index (χ3n) is 7.85. The summed E-state index contributed by atoms with van der Waals surface area (Å²) < 4.78 is 12.1. The Kier molecular flexibility index (Phi) is 10.0. The van der Waals surface area contributed by atoms with Gasteiger partial charge in [-0.25, -0.2) is 0 Å². The van der Waals surface area contributed by atoms with Crippen LogP contribution in [-0.2, 0) is 23.9 Å². The molecule has 0 bridgehead atoms. The van der Waals surface area contributed by atoms with Crippen molar-refractivity contribution in [2.45, 2.75) is 121 Å². The van der Waals surface area contributed by atoms with Crippen LogP contribution in [0.2, 0.25) is 0 Å². The van der Waals surface area contributed by atoms with E-state index in [0.29, 0.717) is 44.3 Å². The van der Waals surface area contributed by atoms with Crippen LogP contribution in [0.3, 0.4) is 0 Å². The molecule has 0 aromatic heterocycles. The molecule has 1 aliphatic heterocycles. The third-order valence-corrected chi connectivity index (χ3v) is 10.0. The fraction of sp³-hybridized carbons (Fsp3) is 0.710. The molecule has 1 heterocycles. The van der Waals surface area contributed by atoms with Crippen LogP contribution in [0.25, 0.3) is 0 Å². The molecule has 1 saturated carbocycles. The Balaban J connectivity index is 1.73. The van der Waals surface area contributed by atoms with Gasteiger partial charge in [-0.2, -0.15) is 0 Å². The van der Waals surface area contributed by atoms with Gasteiger partial charge < -0.3 is 9.47 Å². The van der Waals surface area contributed by atoms with Crippen LogP contribution in [0.1, 0.15) is 93.9 Å². The average molecular weight is 563 g/mol. The lowest BCUT2D eigenvalue weighted by atomic mass is 9.68. The summed E-state index contributed by atoms with van der Waals surface area (Å²) in [5.74, 6) is -0.287. The SMILES string of the molecule is CC1(C)OC(CCC(C(=O)SC(C)(C)C)C2CCC(=O)C2(C)CCC(=O)CSc2ccccc2)C(C)(C)O1. The quantitative estimate of drug-likeness (QED) is 0.259. The molecule has 212 valence electrons. The number of ether oxygens (including phenoxy) is 2. The van der Waals surface area contributed by atoms with E-state index in [1.165, 1.54) is 23.5 Å². The lowest BCUT2D eigenvalue weighted by Gasteiger charge is -2.36.